The molecule has 0 aliphatic rings. The van der Waals surface area contributed by atoms with Crippen LogP contribution in [0.4, 0.5) is 15.8 Å². The second-order valence-electron chi connectivity index (χ2n) is 4.36. The van der Waals surface area contributed by atoms with Gasteiger partial charge in [-0.2, -0.15) is 0 Å². The SMILES string of the molecule is Cc1ccc(NC(=O)c2cc(Br)ccc2F)c([N+](=O)[O-])c1. The molecule has 0 aliphatic carbocycles. The Bertz CT molecular complexity index is 734. The van der Waals surface area contributed by atoms with Crippen LogP contribution in [0.2, 0.25) is 0 Å². The van der Waals surface area contributed by atoms with Crippen LogP contribution < -0.4 is 5.32 Å². The van der Waals surface area contributed by atoms with Gasteiger partial charge in [0, 0.05) is 10.5 Å². The van der Waals surface area contributed by atoms with Crippen LogP contribution in [0.25, 0.3) is 0 Å². The maximum atomic E-state index is 13.6. The first kappa shape index (κ1) is 15.1. The van der Waals surface area contributed by atoms with Crippen molar-refractivity contribution in [2.24, 2.45) is 0 Å². The van der Waals surface area contributed by atoms with Gasteiger partial charge in [0.1, 0.15) is 11.5 Å². The van der Waals surface area contributed by atoms with E-state index in [1.807, 2.05) is 0 Å². The highest BCUT2D eigenvalue weighted by atomic mass is 79.9. The Labute approximate surface area is 128 Å². The minimum Gasteiger partial charge on any atom is -0.316 e. The number of rotatable bonds is 3. The van der Waals surface area contributed by atoms with E-state index in [4.69, 9.17) is 0 Å². The first-order valence-corrected chi connectivity index (χ1v) is 6.69. The molecule has 0 saturated carbocycles. The number of hydrogen-bond acceptors (Lipinski definition) is 3. The highest BCUT2D eigenvalue weighted by Gasteiger charge is 2.18. The topological polar surface area (TPSA) is 72.2 Å². The Morgan fingerprint density at radius 1 is 1.29 bits per heavy atom. The number of benzene rings is 2. The molecule has 0 bridgehead atoms. The highest BCUT2D eigenvalue weighted by Crippen LogP contribution is 2.26. The summed E-state index contributed by atoms with van der Waals surface area (Å²) in [4.78, 5) is 22.4. The van der Waals surface area contributed by atoms with Gasteiger partial charge < -0.3 is 5.32 Å². The molecule has 7 heteroatoms. The molecule has 21 heavy (non-hydrogen) atoms. The van der Waals surface area contributed by atoms with Crippen LogP contribution in [-0.4, -0.2) is 10.8 Å². The lowest BCUT2D eigenvalue weighted by atomic mass is 10.1. The molecule has 0 aliphatic heterocycles. The van der Waals surface area contributed by atoms with E-state index in [0.717, 1.165) is 6.07 Å². The van der Waals surface area contributed by atoms with Crippen molar-refractivity contribution in [1.82, 2.24) is 0 Å². The Kier molecular flexibility index (Phi) is 4.32. The average Bonchev–Trinajstić information content (AvgIpc) is 2.43. The number of amides is 1. The number of halogens is 2. The van der Waals surface area contributed by atoms with Crippen LogP contribution in [-0.2, 0) is 0 Å². The third-order valence-corrected chi connectivity index (χ3v) is 3.26. The zero-order chi connectivity index (χ0) is 15.6. The Morgan fingerprint density at radius 3 is 2.67 bits per heavy atom. The molecule has 1 N–H and O–H groups in total. The number of carbonyl (C=O) groups excluding carboxylic acids is 1. The van der Waals surface area contributed by atoms with E-state index in [1.165, 1.54) is 24.3 Å². The van der Waals surface area contributed by atoms with Crippen LogP contribution in [0.15, 0.2) is 40.9 Å². The fourth-order valence-electron chi connectivity index (χ4n) is 1.76. The molecule has 0 atom stereocenters. The molecule has 108 valence electrons. The number of nitrogens with one attached hydrogen (secondary N) is 1. The molecule has 2 rings (SSSR count). The summed E-state index contributed by atoms with van der Waals surface area (Å²) in [5.41, 5.74) is 0.279. The molecule has 5 nitrogen and oxygen atoms in total. The average molecular weight is 353 g/mol. The van der Waals surface area contributed by atoms with E-state index in [-0.39, 0.29) is 16.9 Å². The fourth-order valence-corrected chi connectivity index (χ4v) is 2.12. The van der Waals surface area contributed by atoms with Crippen molar-refractivity contribution in [2.45, 2.75) is 6.92 Å². The maximum absolute atomic E-state index is 13.6. The molecule has 0 saturated heterocycles. The van der Waals surface area contributed by atoms with Crippen molar-refractivity contribution in [3.05, 3.63) is 67.9 Å². The molecule has 1 amide bonds. The van der Waals surface area contributed by atoms with Gasteiger partial charge in [-0.3, -0.25) is 14.9 Å². The molecule has 0 unspecified atom stereocenters. The summed E-state index contributed by atoms with van der Waals surface area (Å²) in [7, 11) is 0. The lowest BCUT2D eigenvalue weighted by Gasteiger charge is -2.08. The van der Waals surface area contributed by atoms with Crippen LogP contribution in [0.1, 0.15) is 15.9 Å². The smallest absolute Gasteiger partial charge is 0.293 e. The predicted octanol–water partition coefficient (Wildman–Crippen LogP) is 4.06. The number of nitro groups is 1. The molecular formula is C14H10BrFN2O3. The van der Waals surface area contributed by atoms with Crippen molar-refractivity contribution in [3.63, 3.8) is 0 Å². The van der Waals surface area contributed by atoms with Crippen molar-refractivity contribution in [1.29, 1.82) is 0 Å². The van der Waals surface area contributed by atoms with E-state index < -0.39 is 16.6 Å². The van der Waals surface area contributed by atoms with E-state index in [9.17, 15) is 19.3 Å². The zero-order valence-corrected chi connectivity index (χ0v) is 12.5. The summed E-state index contributed by atoms with van der Waals surface area (Å²) < 4.78 is 14.2. The van der Waals surface area contributed by atoms with Gasteiger partial charge in [0.25, 0.3) is 11.6 Å². The number of carbonyl (C=O) groups is 1. The fraction of sp³-hybridized carbons (Fsp3) is 0.0714. The van der Waals surface area contributed by atoms with Crippen LogP contribution in [0.5, 0.6) is 0 Å². The second-order valence-corrected chi connectivity index (χ2v) is 5.27. The lowest BCUT2D eigenvalue weighted by molar-refractivity contribution is -0.384. The number of anilines is 1. The van der Waals surface area contributed by atoms with Crippen molar-refractivity contribution < 1.29 is 14.1 Å². The maximum Gasteiger partial charge on any atom is 0.293 e. The first-order valence-electron chi connectivity index (χ1n) is 5.90. The molecule has 2 aromatic rings. The Balaban J connectivity index is 2.36. The summed E-state index contributed by atoms with van der Waals surface area (Å²) >= 11 is 3.14. The zero-order valence-electron chi connectivity index (χ0n) is 10.9. The summed E-state index contributed by atoms with van der Waals surface area (Å²) in [5, 5.41) is 13.3. The molecule has 0 spiro atoms. The number of nitrogens with zero attached hydrogens (tertiary/aromatic N) is 1. The predicted molar refractivity (Wildman–Crippen MR) is 79.9 cm³/mol. The summed E-state index contributed by atoms with van der Waals surface area (Å²) in [5.74, 6) is -1.45. The third kappa shape index (κ3) is 3.43. The normalized spacial score (nSPS) is 10.2. The van der Waals surface area contributed by atoms with Gasteiger partial charge >= 0.3 is 0 Å². The molecule has 0 radical (unpaired) electrons. The van der Waals surface area contributed by atoms with Gasteiger partial charge in [0.15, 0.2) is 0 Å². The summed E-state index contributed by atoms with van der Waals surface area (Å²) in [6, 6.07) is 8.29. The van der Waals surface area contributed by atoms with Gasteiger partial charge in [-0.25, -0.2) is 4.39 Å². The first-order chi connectivity index (χ1) is 9.88. The van der Waals surface area contributed by atoms with Gasteiger partial charge in [-0.1, -0.05) is 22.0 Å². The quantitative estimate of drug-likeness (QED) is 0.668. The van der Waals surface area contributed by atoms with E-state index in [0.29, 0.717) is 10.0 Å². The van der Waals surface area contributed by atoms with E-state index in [1.54, 1.807) is 13.0 Å². The van der Waals surface area contributed by atoms with Crippen LogP contribution in [0.3, 0.4) is 0 Å². The highest BCUT2D eigenvalue weighted by molar-refractivity contribution is 9.10. The van der Waals surface area contributed by atoms with Gasteiger partial charge in [-0.05, 0) is 36.8 Å². The summed E-state index contributed by atoms with van der Waals surface area (Å²) in [6.45, 7) is 1.70. The monoisotopic (exact) mass is 352 g/mol. The largest absolute Gasteiger partial charge is 0.316 e. The molecule has 0 heterocycles. The van der Waals surface area contributed by atoms with E-state index >= 15 is 0 Å². The van der Waals surface area contributed by atoms with Crippen LogP contribution in [0, 0.1) is 22.9 Å². The Morgan fingerprint density at radius 2 is 2.00 bits per heavy atom. The van der Waals surface area contributed by atoms with Gasteiger partial charge in [-0.15, -0.1) is 0 Å². The Hall–Kier alpha value is -2.28. The van der Waals surface area contributed by atoms with Crippen LogP contribution >= 0.6 is 15.9 Å². The molecule has 0 fully saturated rings. The van der Waals surface area contributed by atoms with E-state index in [2.05, 4.69) is 21.2 Å². The van der Waals surface area contributed by atoms with Crippen molar-refractivity contribution in [3.8, 4) is 0 Å². The minimum atomic E-state index is -0.749. The molecule has 2 aromatic carbocycles. The lowest BCUT2D eigenvalue weighted by Crippen LogP contribution is -2.15. The number of aryl methyl sites for hydroxylation is 1. The standard InChI is InChI=1S/C14H10BrFN2O3/c1-8-2-5-12(13(6-8)18(20)21)17-14(19)10-7-9(15)3-4-11(10)16/h2-7H,1H3,(H,17,19). The number of nitro benzene ring substituents is 1. The van der Waals surface area contributed by atoms with Crippen molar-refractivity contribution >= 4 is 33.2 Å². The third-order valence-electron chi connectivity index (χ3n) is 2.77. The van der Waals surface area contributed by atoms with Gasteiger partial charge in [0.2, 0.25) is 0 Å². The number of hydrogen-bond donors (Lipinski definition) is 1. The molecule has 0 aromatic heterocycles. The summed E-state index contributed by atoms with van der Waals surface area (Å²) in [6.07, 6.45) is 0. The second kappa shape index (κ2) is 6.01. The van der Waals surface area contributed by atoms with Gasteiger partial charge in [0.05, 0.1) is 10.5 Å². The minimum absolute atomic E-state index is 0.0231. The van der Waals surface area contributed by atoms with Crippen molar-refractivity contribution in [2.75, 3.05) is 5.32 Å². The molecular weight excluding hydrogens is 343 g/mol.